The molecule has 1 saturated heterocycles. The molecule has 33 heavy (non-hydrogen) atoms. The number of fused-ring (bicyclic) bond motifs is 3. The van der Waals surface area contributed by atoms with Crippen LogP contribution in [0.1, 0.15) is 52.4 Å². The molecule has 4 N–H and O–H groups in total. The summed E-state index contributed by atoms with van der Waals surface area (Å²) in [6.07, 6.45) is 4.70. The second-order valence-corrected chi connectivity index (χ2v) is 8.98. The first-order valence-electron chi connectivity index (χ1n) is 11.5. The number of hydrogen-bond donors (Lipinski definition) is 4. The first-order valence-corrected chi connectivity index (χ1v) is 11.5. The van der Waals surface area contributed by atoms with Gasteiger partial charge in [0, 0.05) is 35.4 Å². The van der Waals surface area contributed by atoms with E-state index in [-0.39, 0.29) is 17.6 Å². The molecule has 4 aromatic rings. The third-order valence-electron chi connectivity index (χ3n) is 7.03. The molecular weight excluding hydrogens is 416 g/mol. The Bertz CT molecular complexity index is 1320. The summed E-state index contributed by atoms with van der Waals surface area (Å²) in [5.74, 6) is 0.436. The van der Waals surface area contributed by atoms with Gasteiger partial charge in [-0.1, -0.05) is 30.3 Å². The third kappa shape index (κ3) is 3.63. The average Bonchev–Trinajstić information content (AvgIpc) is 3.49. The lowest BCUT2D eigenvalue weighted by molar-refractivity contribution is 0.0497. The summed E-state index contributed by atoms with van der Waals surface area (Å²) >= 11 is 0. The molecule has 1 fully saturated rings. The maximum atomic E-state index is 11.4. The van der Waals surface area contributed by atoms with E-state index in [1.54, 1.807) is 24.4 Å². The van der Waals surface area contributed by atoms with Crippen molar-refractivity contribution >= 4 is 16.9 Å². The second-order valence-electron chi connectivity index (χ2n) is 8.98. The fraction of sp³-hybridized carbons (Fsp3) is 0.308. The summed E-state index contributed by atoms with van der Waals surface area (Å²) in [5.41, 5.74) is 5.73. The number of hydrogen-bond acceptors (Lipinski definition) is 4. The van der Waals surface area contributed by atoms with Crippen molar-refractivity contribution in [2.24, 2.45) is 5.92 Å². The van der Waals surface area contributed by atoms with E-state index in [0.29, 0.717) is 5.92 Å². The fourth-order valence-electron chi connectivity index (χ4n) is 5.35. The van der Waals surface area contributed by atoms with Crippen molar-refractivity contribution < 1.29 is 14.6 Å². The van der Waals surface area contributed by atoms with Crippen molar-refractivity contribution in [3.63, 3.8) is 0 Å². The number of para-hydroxylation sites is 1. The monoisotopic (exact) mass is 442 g/mol. The number of nitrogens with one attached hydrogen (secondary N) is 3. The largest absolute Gasteiger partial charge is 0.478 e. The zero-order chi connectivity index (χ0) is 22.4. The van der Waals surface area contributed by atoms with Gasteiger partial charge in [-0.05, 0) is 48.9 Å². The SMILES string of the molecule is O=C(O)c1cccc(-c2cnc([C@H]3Cc4c([nH]c5ccccc45)[C@@H](C4CCOCC4)N3)[nH]2)c1. The Labute approximate surface area is 191 Å². The van der Waals surface area contributed by atoms with E-state index in [1.807, 2.05) is 6.07 Å². The molecule has 7 heteroatoms. The predicted molar refractivity (Wildman–Crippen MR) is 125 cm³/mol. The zero-order valence-corrected chi connectivity index (χ0v) is 18.2. The first kappa shape index (κ1) is 20.2. The molecule has 0 saturated carbocycles. The molecule has 168 valence electrons. The minimum atomic E-state index is -0.934. The van der Waals surface area contributed by atoms with Gasteiger partial charge in [-0.3, -0.25) is 5.32 Å². The number of aromatic amines is 2. The van der Waals surface area contributed by atoms with Crippen molar-refractivity contribution in [1.82, 2.24) is 20.3 Å². The first-order chi connectivity index (χ1) is 16.2. The van der Waals surface area contributed by atoms with E-state index in [2.05, 4.69) is 39.6 Å². The third-order valence-corrected chi connectivity index (χ3v) is 7.03. The van der Waals surface area contributed by atoms with E-state index >= 15 is 0 Å². The fourth-order valence-corrected chi connectivity index (χ4v) is 5.35. The lowest BCUT2D eigenvalue weighted by Crippen LogP contribution is -2.39. The zero-order valence-electron chi connectivity index (χ0n) is 18.2. The molecule has 2 aliphatic rings. The van der Waals surface area contributed by atoms with Gasteiger partial charge >= 0.3 is 5.97 Å². The van der Waals surface area contributed by atoms with Gasteiger partial charge < -0.3 is 19.8 Å². The predicted octanol–water partition coefficient (Wildman–Crippen LogP) is 4.61. The number of benzene rings is 2. The van der Waals surface area contributed by atoms with Gasteiger partial charge in [0.1, 0.15) is 5.82 Å². The Morgan fingerprint density at radius 3 is 2.76 bits per heavy atom. The van der Waals surface area contributed by atoms with E-state index in [0.717, 1.165) is 49.6 Å². The molecule has 2 atom stereocenters. The van der Waals surface area contributed by atoms with Crippen LogP contribution in [-0.4, -0.2) is 39.2 Å². The van der Waals surface area contributed by atoms with Gasteiger partial charge in [0.15, 0.2) is 0 Å². The average molecular weight is 443 g/mol. The maximum Gasteiger partial charge on any atom is 0.335 e. The molecule has 2 aliphatic heterocycles. The van der Waals surface area contributed by atoms with Crippen LogP contribution in [0.3, 0.4) is 0 Å². The summed E-state index contributed by atoms with van der Waals surface area (Å²) in [7, 11) is 0. The molecule has 4 heterocycles. The van der Waals surface area contributed by atoms with Gasteiger partial charge in [-0.2, -0.15) is 0 Å². The number of aromatic carboxylic acids is 1. The smallest absolute Gasteiger partial charge is 0.335 e. The number of aromatic nitrogens is 3. The number of rotatable bonds is 4. The molecule has 0 aliphatic carbocycles. The van der Waals surface area contributed by atoms with Crippen LogP contribution in [-0.2, 0) is 11.2 Å². The van der Waals surface area contributed by atoms with Gasteiger partial charge in [-0.25, -0.2) is 9.78 Å². The van der Waals surface area contributed by atoms with E-state index in [1.165, 1.54) is 22.2 Å². The van der Waals surface area contributed by atoms with E-state index < -0.39 is 5.97 Å². The molecule has 0 unspecified atom stereocenters. The molecular formula is C26H26N4O3. The lowest BCUT2D eigenvalue weighted by Gasteiger charge is -2.37. The van der Waals surface area contributed by atoms with Gasteiger partial charge in [0.05, 0.1) is 29.5 Å². The Hall–Kier alpha value is -3.42. The number of imidazole rings is 1. The van der Waals surface area contributed by atoms with Gasteiger partial charge in [0.25, 0.3) is 0 Å². The molecule has 2 aromatic heterocycles. The maximum absolute atomic E-state index is 11.4. The Balaban J connectivity index is 1.37. The standard InChI is InChI=1S/C26H26N4O3/c31-26(32)17-5-3-4-16(12-17)22-14-27-25(30-22)21-13-19-18-6-1-2-7-20(18)28-24(19)23(29-21)15-8-10-33-11-9-15/h1-7,12,14-15,21,23,28-29H,8-11,13H2,(H,27,30)(H,31,32)/t21-,23-/m1/s1. The number of carboxylic acids is 1. The molecule has 7 nitrogen and oxygen atoms in total. The lowest BCUT2D eigenvalue weighted by atomic mass is 9.83. The molecule has 0 spiro atoms. The summed E-state index contributed by atoms with van der Waals surface area (Å²) in [5, 5.41) is 14.5. The summed E-state index contributed by atoms with van der Waals surface area (Å²) in [4.78, 5) is 23.2. The normalized spacial score (nSPS) is 21.2. The highest BCUT2D eigenvalue weighted by molar-refractivity contribution is 5.89. The van der Waals surface area contributed by atoms with Crippen LogP contribution in [0.5, 0.6) is 0 Å². The highest BCUT2D eigenvalue weighted by Gasteiger charge is 2.36. The highest BCUT2D eigenvalue weighted by Crippen LogP contribution is 2.41. The topological polar surface area (TPSA) is 103 Å². The van der Waals surface area contributed by atoms with Crippen LogP contribution in [0.15, 0.2) is 54.7 Å². The number of ether oxygens (including phenoxy) is 1. The van der Waals surface area contributed by atoms with Crippen molar-refractivity contribution in [3.05, 3.63) is 77.4 Å². The molecule has 2 aromatic carbocycles. The highest BCUT2D eigenvalue weighted by atomic mass is 16.5. The second kappa shape index (κ2) is 8.17. The van der Waals surface area contributed by atoms with E-state index in [9.17, 15) is 9.90 Å². The minimum Gasteiger partial charge on any atom is -0.478 e. The minimum absolute atomic E-state index is 0.0426. The molecule has 6 rings (SSSR count). The van der Waals surface area contributed by atoms with Crippen LogP contribution >= 0.6 is 0 Å². The number of carbonyl (C=O) groups is 1. The van der Waals surface area contributed by atoms with Crippen molar-refractivity contribution in [2.75, 3.05) is 13.2 Å². The molecule has 0 bridgehead atoms. The van der Waals surface area contributed by atoms with Crippen molar-refractivity contribution in [2.45, 2.75) is 31.3 Å². The summed E-state index contributed by atoms with van der Waals surface area (Å²) in [6, 6.07) is 15.7. The van der Waals surface area contributed by atoms with Gasteiger partial charge in [0.2, 0.25) is 0 Å². The Morgan fingerprint density at radius 1 is 1.06 bits per heavy atom. The van der Waals surface area contributed by atoms with Crippen LogP contribution in [0.25, 0.3) is 22.2 Å². The number of H-pyrrole nitrogens is 2. The Morgan fingerprint density at radius 2 is 1.91 bits per heavy atom. The number of nitrogens with zero attached hydrogens (tertiary/aromatic N) is 1. The van der Waals surface area contributed by atoms with Crippen LogP contribution in [0, 0.1) is 5.92 Å². The summed E-state index contributed by atoms with van der Waals surface area (Å²) in [6.45, 7) is 1.60. The van der Waals surface area contributed by atoms with Crippen LogP contribution in [0.4, 0.5) is 0 Å². The van der Waals surface area contributed by atoms with Crippen molar-refractivity contribution in [3.8, 4) is 11.3 Å². The van der Waals surface area contributed by atoms with E-state index in [4.69, 9.17) is 9.72 Å². The summed E-state index contributed by atoms with van der Waals surface area (Å²) < 4.78 is 5.63. The Kier molecular flexibility index (Phi) is 5.00. The molecule has 0 amide bonds. The van der Waals surface area contributed by atoms with Crippen LogP contribution in [0.2, 0.25) is 0 Å². The quantitative estimate of drug-likeness (QED) is 0.370. The van der Waals surface area contributed by atoms with Crippen molar-refractivity contribution in [1.29, 1.82) is 0 Å². The van der Waals surface area contributed by atoms with Gasteiger partial charge in [-0.15, -0.1) is 0 Å². The van der Waals surface area contributed by atoms with Crippen LogP contribution < -0.4 is 5.32 Å². The molecule has 0 radical (unpaired) electrons. The number of carboxylic acid groups (broad SMARTS) is 1.